The second-order valence-electron chi connectivity index (χ2n) is 8.84. The number of carbonyl (C=O) groups is 2. The summed E-state index contributed by atoms with van der Waals surface area (Å²) < 4.78 is 3.18. The first kappa shape index (κ1) is 23.8. The lowest BCUT2D eigenvalue weighted by Crippen LogP contribution is -2.22. The summed E-state index contributed by atoms with van der Waals surface area (Å²) in [4.78, 5) is 24.2. The Balaban J connectivity index is 1.33. The first-order valence-electron chi connectivity index (χ1n) is 11.8. The zero-order valence-electron chi connectivity index (χ0n) is 19.6. The van der Waals surface area contributed by atoms with Gasteiger partial charge in [-0.2, -0.15) is 0 Å². The number of hydrogen-bond acceptors (Lipinski definition) is 2. The number of hydrogen-bond donors (Lipinski definition) is 2. The number of carboxylic acid groups (broad SMARTS) is 1. The summed E-state index contributed by atoms with van der Waals surface area (Å²) in [7, 11) is 0. The summed E-state index contributed by atoms with van der Waals surface area (Å²) in [6.07, 6.45) is 8.35. The SMILES string of the molecule is O=C(O)c1cccc(C2=CCCC=C2Cn2ccc3cc(C(=O)NCc4ccc(Br)cc4)ccc32)c1. The number of halogens is 1. The highest BCUT2D eigenvalue weighted by Crippen LogP contribution is 2.31. The summed E-state index contributed by atoms with van der Waals surface area (Å²) in [6.45, 7) is 1.14. The molecule has 0 bridgehead atoms. The minimum absolute atomic E-state index is 0.105. The van der Waals surface area contributed by atoms with Gasteiger partial charge in [0.2, 0.25) is 0 Å². The summed E-state index contributed by atoms with van der Waals surface area (Å²) in [5.74, 6) is -1.03. The average Bonchev–Trinajstić information content (AvgIpc) is 3.30. The van der Waals surface area contributed by atoms with E-state index in [0.29, 0.717) is 18.7 Å². The predicted molar refractivity (Wildman–Crippen MR) is 146 cm³/mol. The highest BCUT2D eigenvalue weighted by molar-refractivity contribution is 9.10. The second kappa shape index (κ2) is 10.4. The number of nitrogens with one attached hydrogen (secondary N) is 1. The molecule has 0 fully saturated rings. The number of allylic oxidation sites excluding steroid dienone is 4. The molecule has 4 aromatic rings. The second-order valence-corrected chi connectivity index (χ2v) is 9.75. The molecule has 1 aliphatic carbocycles. The molecule has 0 atom stereocenters. The topological polar surface area (TPSA) is 71.3 Å². The van der Waals surface area contributed by atoms with Crippen molar-refractivity contribution >= 4 is 44.3 Å². The minimum Gasteiger partial charge on any atom is -0.478 e. The molecular weight excluding hydrogens is 516 g/mol. The Bertz CT molecular complexity index is 1510. The van der Waals surface area contributed by atoms with Crippen LogP contribution >= 0.6 is 15.9 Å². The molecule has 1 aliphatic rings. The van der Waals surface area contributed by atoms with Crippen molar-refractivity contribution in [3.8, 4) is 0 Å². The Morgan fingerprint density at radius 1 is 0.917 bits per heavy atom. The molecule has 5 rings (SSSR count). The van der Waals surface area contributed by atoms with Crippen molar-refractivity contribution in [2.75, 3.05) is 0 Å². The summed E-state index contributed by atoms with van der Waals surface area (Å²) in [5, 5.41) is 13.4. The van der Waals surface area contributed by atoms with E-state index >= 15 is 0 Å². The van der Waals surface area contributed by atoms with Crippen LogP contribution in [0.1, 0.15) is 44.7 Å². The molecule has 180 valence electrons. The third-order valence-electron chi connectivity index (χ3n) is 6.41. The summed E-state index contributed by atoms with van der Waals surface area (Å²) in [5.41, 5.74) is 6.16. The summed E-state index contributed by atoms with van der Waals surface area (Å²) in [6, 6.07) is 22.8. The van der Waals surface area contributed by atoms with E-state index < -0.39 is 5.97 Å². The number of fused-ring (bicyclic) bond motifs is 1. The molecule has 1 heterocycles. The lowest BCUT2D eigenvalue weighted by Gasteiger charge is -2.18. The number of benzene rings is 3. The molecule has 0 unspecified atom stereocenters. The minimum atomic E-state index is -0.924. The van der Waals surface area contributed by atoms with Gasteiger partial charge in [-0.1, -0.05) is 52.3 Å². The van der Waals surface area contributed by atoms with Crippen molar-refractivity contribution in [2.24, 2.45) is 0 Å². The van der Waals surface area contributed by atoms with Crippen molar-refractivity contribution in [3.63, 3.8) is 0 Å². The third kappa shape index (κ3) is 5.19. The molecule has 2 N–H and O–H groups in total. The highest BCUT2D eigenvalue weighted by atomic mass is 79.9. The van der Waals surface area contributed by atoms with E-state index in [9.17, 15) is 14.7 Å². The van der Waals surface area contributed by atoms with Crippen molar-refractivity contribution in [1.29, 1.82) is 0 Å². The lowest BCUT2D eigenvalue weighted by atomic mass is 9.91. The first-order chi connectivity index (χ1) is 17.5. The molecule has 6 heteroatoms. The Hall–Kier alpha value is -3.90. The highest BCUT2D eigenvalue weighted by Gasteiger charge is 2.15. The maximum absolute atomic E-state index is 12.7. The van der Waals surface area contributed by atoms with Crippen LogP contribution in [0.4, 0.5) is 0 Å². The van der Waals surface area contributed by atoms with Crippen LogP contribution in [0.15, 0.2) is 101 Å². The summed E-state index contributed by atoms with van der Waals surface area (Å²) >= 11 is 3.42. The van der Waals surface area contributed by atoms with E-state index in [2.05, 4.69) is 38.0 Å². The third-order valence-corrected chi connectivity index (χ3v) is 6.94. The van der Waals surface area contributed by atoms with Gasteiger partial charge in [0.15, 0.2) is 0 Å². The van der Waals surface area contributed by atoms with E-state index in [1.54, 1.807) is 18.2 Å². The molecular formula is C30H25BrN2O3. The Morgan fingerprint density at radius 2 is 1.72 bits per heavy atom. The van der Waals surface area contributed by atoms with Crippen molar-refractivity contribution < 1.29 is 14.7 Å². The average molecular weight is 541 g/mol. The molecule has 36 heavy (non-hydrogen) atoms. The van der Waals surface area contributed by atoms with Crippen LogP contribution in [0, 0.1) is 0 Å². The number of amides is 1. The lowest BCUT2D eigenvalue weighted by molar-refractivity contribution is 0.0696. The van der Waals surface area contributed by atoms with Crippen molar-refractivity contribution in [1.82, 2.24) is 9.88 Å². The Kier molecular flexibility index (Phi) is 6.87. The Labute approximate surface area is 217 Å². The number of carboxylic acids is 1. The Morgan fingerprint density at radius 3 is 2.53 bits per heavy atom. The van der Waals surface area contributed by atoms with Gasteiger partial charge in [0.05, 0.1) is 5.56 Å². The van der Waals surface area contributed by atoms with Gasteiger partial charge in [0.25, 0.3) is 5.91 Å². The van der Waals surface area contributed by atoms with E-state index in [4.69, 9.17) is 0 Å². The number of carbonyl (C=O) groups excluding carboxylic acids is 1. The zero-order valence-corrected chi connectivity index (χ0v) is 21.2. The fraction of sp³-hybridized carbons (Fsp3) is 0.133. The van der Waals surface area contributed by atoms with Crippen molar-refractivity contribution in [3.05, 3.63) is 123 Å². The van der Waals surface area contributed by atoms with E-state index in [-0.39, 0.29) is 11.5 Å². The number of aromatic nitrogens is 1. The van der Waals surface area contributed by atoms with Crippen LogP contribution in [0.3, 0.4) is 0 Å². The predicted octanol–water partition coefficient (Wildman–Crippen LogP) is 6.84. The van der Waals surface area contributed by atoms with Crippen LogP contribution in [0.2, 0.25) is 0 Å². The van der Waals surface area contributed by atoms with Gasteiger partial charge in [-0.3, -0.25) is 4.79 Å². The van der Waals surface area contributed by atoms with E-state index in [0.717, 1.165) is 50.5 Å². The first-order valence-corrected chi connectivity index (χ1v) is 12.6. The number of rotatable bonds is 7. The number of aromatic carboxylic acids is 1. The number of nitrogens with zero attached hydrogens (tertiary/aromatic N) is 1. The normalized spacial score (nSPS) is 13.2. The fourth-order valence-corrected chi connectivity index (χ4v) is 4.81. The molecule has 3 aromatic carbocycles. The van der Waals surface area contributed by atoms with E-state index in [1.807, 2.05) is 60.8 Å². The maximum atomic E-state index is 12.7. The van der Waals surface area contributed by atoms with Crippen LogP contribution in [-0.2, 0) is 13.1 Å². The molecule has 1 amide bonds. The van der Waals surface area contributed by atoms with Gasteiger partial charge >= 0.3 is 5.97 Å². The van der Waals surface area contributed by atoms with Gasteiger partial charge in [-0.05, 0) is 83.6 Å². The molecule has 0 radical (unpaired) electrons. The standard InChI is InChI=1S/C30H25BrN2O3/c31-26-11-8-20(9-12-26)18-32-29(34)23-10-13-28-22(17-23)14-15-33(28)19-25-4-1-2-7-27(25)21-5-3-6-24(16-21)30(35)36/h3-17H,1-2,18-19H2,(H,32,34)(H,35,36). The van der Waals surface area contributed by atoms with Crippen LogP contribution in [0.25, 0.3) is 16.5 Å². The molecule has 0 aliphatic heterocycles. The van der Waals surface area contributed by atoms with Crippen molar-refractivity contribution in [2.45, 2.75) is 25.9 Å². The molecule has 0 saturated heterocycles. The van der Waals surface area contributed by atoms with Gasteiger partial charge < -0.3 is 15.0 Å². The fourth-order valence-electron chi connectivity index (χ4n) is 4.55. The van der Waals surface area contributed by atoms with Gasteiger partial charge in [-0.25, -0.2) is 4.79 Å². The largest absolute Gasteiger partial charge is 0.478 e. The smallest absolute Gasteiger partial charge is 0.335 e. The van der Waals surface area contributed by atoms with Gasteiger partial charge in [0.1, 0.15) is 0 Å². The monoisotopic (exact) mass is 540 g/mol. The van der Waals surface area contributed by atoms with Crippen LogP contribution in [-0.4, -0.2) is 21.6 Å². The van der Waals surface area contributed by atoms with Gasteiger partial charge in [-0.15, -0.1) is 0 Å². The molecule has 0 saturated carbocycles. The zero-order chi connectivity index (χ0) is 25.1. The molecule has 1 aromatic heterocycles. The quantitative estimate of drug-likeness (QED) is 0.269. The molecule has 0 spiro atoms. The molecule has 5 nitrogen and oxygen atoms in total. The van der Waals surface area contributed by atoms with Crippen LogP contribution in [0.5, 0.6) is 0 Å². The maximum Gasteiger partial charge on any atom is 0.335 e. The van der Waals surface area contributed by atoms with Crippen LogP contribution < -0.4 is 5.32 Å². The van der Waals surface area contributed by atoms with E-state index in [1.165, 1.54) is 0 Å². The van der Waals surface area contributed by atoms with Gasteiger partial charge in [0, 0.05) is 40.2 Å².